The lowest BCUT2D eigenvalue weighted by Crippen LogP contribution is -2.45. The van der Waals surface area contributed by atoms with E-state index < -0.39 is 0 Å². The molecule has 0 unspecified atom stereocenters. The second kappa shape index (κ2) is 8.26. The van der Waals surface area contributed by atoms with Gasteiger partial charge in [-0.2, -0.15) is 5.10 Å². The largest absolute Gasteiger partial charge is 0.461 e. The predicted octanol–water partition coefficient (Wildman–Crippen LogP) is 2.32. The molecule has 2 aromatic rings. The maximum Gasteiger partial charge on any atom is 0.240 e. The molecule has 0 atom stereocenters. The second-order valence-corrected chi connectivity index (χ2v) is 7.11. The summed E-state index contributed by atoms with van der Waals surface area (Å²) in [6, 6.07) is 7.31. The highest BCUT2D eigenvalue weighted by Crippen LogP contribution is 2.25. The van der Waals surface area contributed by atoms with Crippen molar-refractivity contribution in [3.63, 3.8) is 0 Å². The smallest absolute Gasteiger partial charge is 0.240 e. The number of carbonyl (C=O) groups excluding carboxylic acids is 1. The fourth-order valence-electron chi connectivity index (χ4n) is 2.92. The van der Waals surface area contributed by atoms with E-state index in [4.69, 9.17) is 22.4 Å². The highest BCUT2D eigenvalue weighted by atomic mass is 32.1. The van der Waals surface area contributed by atoms with E-state index in [1.165, 1.54) is 0 Å². The van der Waals surface area contributed by atoms with Gasteiger partial charge in [0.15, 0.2) is 5.11 Å². The molecule has 3 rings (SSSR count). The molecule has 1 aliphatic carbocycles. The van der Waals surface area contributed by atoms with Crippen LogP contribution in [-0.4, -0.2) is 48.4 Å². The van der Waals surface area contributed by atoms with Gasteiger partial charge < -0.3 is 25.4 Å². The summed E-state index contributed by atoms with van der Waals surface area (Å²) in [5.74, 6) is 0.628. The van der Waals surface area contributed by atoms with E-state index in [0.29, 0.717) is 0 Å². The quantitative estimate of drug-likeness (QED) is 0.595. The first-order chi connectivity index (χ1) is 13.3. The van der Waals surface area contributed by atoms with Crippen LogP contribution in [0.2, 0.25) is 0 Å². The number of hydrogen-bond donors (Lipinski definition) is 2. The SMILES string of the molecule is Cc1cc2cc(N(CC(=O)NC3C=CC(=NN(C)C)C=C3)C(N)=S)ccc2o1. The number of nitrogens with two attached hydrogens (primary N) is 1. The van der Waals surface area contributed by atoms with Crippen LogP contribution in [0.3, 0.4) is 0 Å². The lowest BCUT2D eigenvalue weighted by Gasteiger charge is -2.23. The number of nitrogens with one attached hydrogen (secondary N) is 1. The number of benzene rings is 1. The Bertz CT molecular complexity index is 974. The summed E-state index contributed by atoms with van der Waals surface area (Å²) < 4.78 is 5.59. The molecule has 146 valence electrons. The highest BCUT2D eigenvalue weighted by Gasteiger charge is 2.17. The molecule has 0 aliphatic heterocycles. The molecule has 1 aliphatic rings. The van der Waals surface area contributed by atoms with Crippen molar-refractivity contribution in [3.05, 3.63) is 54.3 Å². The van der Waals surface area contributed by atoms with Gasteiger partial charge >= 0.3 is 0 Å². The third kappa shape index (κ3) is 4.77. The molecule has 3 N–H and O–H groups in total. The van der Waals surface area contributed by atoms with E-state index in [0.717, 1.165) is 28.1 Å². The van der Waals surface area contributed by atoms with Crippen molar-refractivity contribution in [1.82, 2.24) is 10.3 Å². The lowest BCUT2D eigenvalue weighted by molar-refractivity contribution is -0.119. The number of nitrogens with zero attached hydrogens (tertiary/aromatic N) is 3. The van der Waals surface area contributed by atoms with Gasteiger partial charge in [0.1, 0.15) is 17.9 Å². The van der Waals surface area contributed by atoms with Crippen molar-refractivity contribution in [2.45, 2.75) is 13.0 Å². The zero-order valence-corrected chi connectivity index (χ0v) is 16.9. The van der Waals surface area contributed by atoms with Crippen molar-refractivity contribution in [2.24, 2.45) is 10.8 Å². The number of anilines is 1. The van der Waals surface area contributed by atoms with Crippen molar-refractivity contribution in [2.75, 3.05) is 25.5 Å². The van der Waals surface area contributed by atoms with Gasteiger partial charge in [0, 0.05) is 25.2 Å². The van der Waals surface area contributed by atoms with Gasteiger partial charge in [-0.15, -0.1) is 0 Å². The minimum absolute atomic E-state index is 0.0223. The minimum atomic E-state index is -0.208. The molecule has 1 amide bonds. The van der Waals surface area contributed by atoms with Crippen LogP contribution in [0.5, 0.6) is 0 Å². The van der Waals surface area contributed by atoms with Gasteiger partial charge in [-0.25, -0.2) is 0 Å². The Morgan fingerprint density at radius 3 is 2.64 bits per heavy atom. The maximum absolute atomic E-state index is 12.5. The highest BCUT2D eigenvalue weighted by molar-refractivity contribution is 7.80. The molecule has 0 saturated heterocycles. The molecule has 0 spiro atoms. The van der Waals surface area contributed by atoms with E-state index >= 15 is 0 Å². The average molecular weight is 398 g/mol. The van der Waals surface area contributed by atoms with Gasteiger partial charge in [-0.3, -0.25) is 4.79 Å². The van der Waals surface area contributed by atoms with Gasteiger partial charge in [-0.1, -0.05) is 12.2 Å². The number of allylic oxidation sites excluding steroid dienone is 2. The average Bonchev–Trinajstić information content (AvgIpc) is 3.00. The second-order valence-electron chi connectivity index (χ2n) is 6.69. The molecular weight excluding hydrogens is 374 g/mol. The number of furan rings is 1. The van der Waals surface area contributed by atoms with Crippen LogP contribution in [0.25, 0.3) is 11.0 Å². The number of aryl methyl sites for hydroxylation is 1. The number of hydrazone groups is 1. The van der Waals surface area contributed by atoms with Crippen LogP contribution in [0.15, 0.2) is 58.1 Å². The van der Waals surface area contributed by atoms with E-state index in [1.54, 1.807) is 9.91 Å². The van der Waals surface area contributed by atoms with Crippen LogP contribution in [0.4, 0.5) is 5.69 Å². The first-order valence-corrected chi connectivity index (χ1v) is 9.21. The van der Waals surface area contributed by atoms with Gasteiger partial charge in [0.05, 0.1) is 11.8 Å². The molecule has 28 heavy (non-hydrogen) atoms. The van der Waals surface area contributed by atoms with Crippen LogP contribution < -0.4 is 16.0 Å². The van der Waals surface area contributed by atoms with E-state index in [1.807, 2.05) is 69.6 Å². The maximum atomic E-state index is 12.5. The normalized spacial score (nSPS) is 15.5. The fourth-order valence-corrected chi connectivity index (χ4v) is 3.09. The molecule has 0 fully saturated rings. The number of amides is 1. The summed E-state index contributed by atoms with van der Waals surface area (Å²) in [7, 11) is 3.71. The molecule has 7 nitrogen and oxygen atoms in total. The fraction of sp³-hybridized carbons (Fsp3) is 0.250. The Morgan fingerprint density at radius 1 is 1.29 bits per heavy atom. The van der Waals surface area contributed by atoms with E-state index in [2.05, 4.69) is 10.4 Å². The summed E-state index contributed by atoms with van der Waals surface area (Å²) in [6.45, 7) is 1.91. The zero-order valence-electron chi connectivity index (χ0n) is 16.0. The molecular formula is C20H23N5O2S. The van der Waals surface area contributed by atoms with Crippen LogP contribution >= 0.6 is 12.2 Å². The molecule has 1 aromatic carbocycles. The summed E-state index contributed by atoms with van der Waals surface area (Å²) in [5, 5.41) is 10.0. The topological polar surface area (TPSA) is 87.1 Å². The monoisotopic (exact) mass is 397 g/mol. The summed E-state index contributed by atoms with van der Waals surface area (Å²) >= 11 is 5.16. The van der Waals surface area contributed by atoms with Gasteiger partial charge in [0.2, 0.25) is 5.91 Å². The van der Waals surface area contributed by atoms with Crippen molar-refractivity contribution in [3.8, 4) is 0 Å². The summed E-state index contributed by atoms with van der Waals surface area (Å²) in [4.78, 5) is 14.1. The van der Waals surface area contributed by atoms with Crippen LogP contribution in [0, 0.1) is 6.92 Å². The molecule has 0 radical (unpaired) electrons. The first kappa shape index (κ1) is 19.6. The molecule has 1 heterocycles. The standard InChI is InChI=1S/C20H23N5O2S/c1-13-10-14-11-17(8-9-18(14)27-13)25(20(21)28)12-19(26)22-15-4-6-16(7-5-15)23-24(2)3/h4-11,15H,12H2,1-3H3,(H2,21,28)(H,22,26). The third-order valence-corrected chi connectivity index (χ3v) is 4.31. The Balaban J connectivity index is 1.68. The number of thiocarbonyl (C=S) groups is 1. The number of hydrogen-bond acceptors (Lipinski definition) is 5. The summed E-state index contributed by atoms with van der Waals surface area (Å²) in [5.41, 5.74) is 8.21. The Kier molecular flexibility index (Phi) is 5.79. The lowest BCUT2D eigenvalue weighted by atomic mass is 10.1. The third-order valence-electron chi connectivity index (χ3n) is 4.09. The van der Waals surface area contributed by atoms with Crippen LogP contribution in [0.1, 0.15) is 5.76 Å². The predicted molar refractivity (Wildman–Crippen MR) is 116 cm³/mol. The van der Waals surface area contributed by atoms with E-state index in [9.17, 15) is 4.79 Å². The number of rotatable bonds is 5. The van der Waals surface area contributed by atoms with Gasteiger partial charge in [-0.05, 0) is 55.6 Å². The van der Waals surface area contributed by atoms with Crippen molar-refractivity contribution >= 4 is 45.6 Å². The Morgan fingerprint density at radius 2 is 2.00 bits per heavy atom. The van der Waals surface area contributed by atoms with Crippen LogP contribution in [-0.2, 0) is 4.79 Å². The Labute approximate surface area is 169 Å². The first-order valence-electron chi connectivity index (χ1n) is 8.80. The molecule has 0 saturated carbocycles. The minimum Gasteiger partial charge on any atom is -0.461 e. The number of fused-ring (bicyclic) bond motifs is 1. The number of carbonyl (C=O) groups is 1. The van der Waals surface area contributed by atoms with Crippen molar-refractivity contribution in [1.29, 1.82) is 0 Å². The van der Waals surface area contributed by atoms with Gasteiger partial charge in [0.25, 0.3) is 0 Å². The molecule has 8 heteroatoms. The molecule has 0 bridgehead atoms. The Hall–Kier alpha value is -3.13. The zero-order chi connectivity index (χ0) is 20.3. The summed E-state index contributed by atoms with van der Waals surface area (Å²) in [6.07, 6.45) is 7.49. The van der Waals surface area contributed by atoms with Crippen molar-refractivity contribution < 1.29 is 9.21 Å². The molecule has 1 aromatic heterocycles. The van der Waals surface area contributed by atoms with E-state index in [-0.39, 0.29) is 23.6 Å².